The van der Waals surface area contributed by atoms with Gasteiger partial charge in [-0.05, 0) is 162 Å². The van der Waals surface area contributed by atoms with E-state index in [0.717, 1.165) is 29.1 Å². The zero-order valence-corrected chi connectivity index (χ0v) is 46.7. The van der Waals surface area contributed by atoms with Crippen LogP contribution in [0.5, 0.6) is 5.75 Å². The van der Waals surface area contributed by atoms with E-state index in [2.05, 4.69) is 25.9 Å². The predicted octanol–water partition coefficient (Wildman–Crippen LogP) is 11.5. The molecule has 22 heteroatoms. The van der Waals surface area contributed by atoms with Crippen LogP contribution in [0.2, 0.25) is 5.02 Å². The maximum absolute atomic E-state index is 14.1. The quantitative estimate of drug-likeness (QED) is 0.0552. The van der Waals surface area contributed by atoms with E-state index < -0.39 is 70.2 Å². The smallest absolute Gasteiger partial charge is 0.437 e. The van der Waals surface area contributed by atoms with Crippen molar-refractivity contribution >= 4 is 65.9 Å². The average molecular weight is 1040 g/mol. The lowest BCUT2D eigenvalue weighted by Gasteiger charge is -2.34. The molecule has 72 heavy (non-hydrogen) atoms. The molecule has 21 nitrogen and oxygen atoms in total. The number of unbranched alkanes of at least 4 members (excludes halogenated alkanes) is 5. The molecule has 4 N–H and O–H groups in total. The van der Waals surface area contributed by atoms with Gasteiger partial charge in [0, 0.05) is 25.2 Å². The summed E-state index contributed by atoms with van der Waals surface area (Å²) in [4.78, 5) is 89.7. The van der Waals surface area contributed by atoms with Gasteiger partial charge in [0.15, 0.2) is 0 Å². The van der Waals surface area contributed by atoms with Crippen molar-refractivity contribution < 1.29 is 61.9 Å². The summed E-state index contributed by atoms with van der Waals surface area (Å²) < 4.78 is 39.0. The van der Waals surface area contributed by atoms with Crippen LogP contribution in [-0.4, -0.2) is 124 Å². The third-order valence-electron chi connectivity index (χ3n) is 8.22. The Morgan fingerprint density at radius 3 is 1.38 bits per heavy atom. The Labute approximate surface area is 431 Å². The molecule has 1 aromatic rings. The number of aliphatic imine (C=N–C) groups is 2. The second-order valence-corrected chi connectivity index (χ2v) is 23.0. The number of halogens is 1. The molecule has 0 unspecified atom stereocenters. The molecule has 408 valence electrons. The first-order valence-electron chi connectivity index (χ1n) is 24.1. The Kier molecular flexibility index (Phi) is 24.8. The van der Waals surface area contributed by atoms with Crippen LogP contribution in [0, 0.1) is 5.41 Å². The molecule has 0 aliphatic rings. The van der Waals surface area contributed by atoms with Gasteiger partial charge < -0.3 is 33.2 Å². The highest BCUT2D eigenvalue weighted by Crippen LogP contribution is 2.26. The number of amides is 6. The molecule has 0 radical (unpaired) electrons. The Morgan fingerprint density at radius 1 is 0.542 bits per heavy atom. The van der Waals surface area contributed by atoms with Gasteiger partial charge in [0.2, 0.25) is 11.9 Å². The fraction of sp³-hybridized carbons (Fsp3) is 0.700. The number of amidine groups is 1. The van der Waals surface area contributed by atoms with Crippen LogP contribution in [-0.2, 0) is 28.4 Å². The number of rotatable bonds is 15. The number of benzene rings is 1. The predicted molar refractivity (Wildman–Crippen MR) is 276 cm³/mol. The maximum Gasteiger partial charge on any atom is 0.437 e. The molecule has 0 saturated heterocycles. The highest BCUT2D eigenvalue weighted by Gasteiger charge is 2.35. The van der Waals surface area contributed by atoms with Gasteiger partial charge in [-0.25, -0.2) is 38.6 Å². The van der Waals surface area contributed by atoms with Gasteiger partial charge in [0.05, 0.1) is 11.6 Å². The Morgan fingerprint density at radius 2 is 0.944 bits per heavy atom. The fourth-order valence-electron chi connectivity index (χ4n) is 5.66. The summed E-state index contributed by atoms with van der Waals surface area (Å²) >= 11 is 6.53. The molecular formula is C50H83ClN8O13. The molecule has 1 rings (SSSR count). The lowest BCUT2D eigenvalue weighted by atomic mass is 10.1. The van der Waals surface area contributed by atoms with Gasteiger partial charge in [-0.3, -0.25) is 26.4 Å². The second kappa shape index (κ2) is 27.8. The van der Waals surface area contributed by atoms with Gasteiger partial charge in [0.25, 0.3) is 0 Å². The molecule has 0 spiro atoms. The molecule has 0 saturated carbocycles. The van der Waals surface area contributed by atoms with E-state index in [9.17, 15) is 28.8 Å². The minimum absolute atomic E-state index is 0.0214. The van der Waals surface area contributed by atoms with Gasteiger partial charge in [-0.1, -0.05) is 37.3 Å². The Bertz CT molecular complexity index is 2040. The van der Waals surface area contributed by atoms with Crippen LogP contribution < -0.4 is 20.7 Å². The third kappa shape index (κ3) is 30.1. The Hall–Kier alpha value is -5.86. The number of nitrogens with one attached hydrogen (secondary N) is 4. The van der Waals surface area contributed by atoms with Gasteiger partial charge >= 0.3 is 36.6 Å². The van der Waals surface area contributed by atoms with Crippen molar-refractivity contribution in [2.24, 2.45) is 9.98 Å². The number of hydrogen-bond donors (Lipinski definition) is 4. The van der Waals surface area contributed by atoms with E-state index in [0.29, 0.717) is 24.8 Å². The number of nitrogens with zero attached hydrogens (tertiary/aromatic N) is 4. The van der Waals surface area contributed by atoms with Crippen LogP contribution in [0.3, 0.4) is 0 Å². The van der Waals surface area contributed by atoms with Gasteiger partial charge in [-0.2, -0.15) is 0 Å². The van der Waals surface area contributed by atoms with Crippen molar-refractivity contribution in [1.82, 2.24) is 25.8 Å². The molecule has 0 aliphatic heterocycles. The number of alkyl carbamates (subject to hydrolysis) is 3. The molecule has 0 fully saturated rings. The second-order valence-electron chi connectivity index (χ2n) is 22.6. The summed E-state index contributed by atoms with van der Waals surface area (Å²) in [6.45, 7) is 30.4. The molecule has 0 aromatic heterocycles. The Balaban J connectivity index is 3.36. The molecule has 0 aliphatic carbocycles. The lowest BCUT2D eigenvalue weighted by molar-refractivity contribution is 0.0267. The van der Waals surface area contributed by atoms with E-state index in [-0.39, 0.29) is 61.2 Å². The van der Waals surface area contributed by atoms with Crippen LogP contribution in [0.25, 0.3) is 0 Å². The van der Waals surface area contributed by atoms with E-state index in [1.807, 2.05) is 0 Å². The molecular weight excluding hydrogens is 956 g/mol. The lowest BCUT2D eigenvalue weighted by Crippen LogP contribution is -2.53. The number of ether oxygens (including phenoxy) is 7. The van der Waals surface area contributed by atoms with Crippen molar-refractivity contribution in [3.63, 3.8) is 0 Å². The van der Waals surface area contributed by atoms with Crippen molar-refractivity contribution in [3.8, 4) is 5.75 Å². The average Bonchev–Trinajstić information content (AvgIpc) is 3.14. The standard InChI is InChI=1S/C50H83ClN8O13/c1-45(2,3)67-39(60)54-36(52)33-26-27-35(34(51)32-33)66-31-25-30-59(44(65)72-50(16,17)18)38(57-42(63)70-48(10,11)12)58(43(64)71-49(13,14)15)29-24-22-20-19-21-23-28-53-37(55-40(61)68-46(4,5)6)56-41(62)69-47(7,8)9/h26-27,32H,19-25,28-31H2,1-18H3,(H2,52,54,60)(H2,53,55,56,61,62). The van der Waals surface area contributed by atoms with Crippen molar-refractivity contribution in [1.29, 1.82) is 5.41 Å². The molecule has 0 heterocycles. The van der Waals surface area contributed by atoms with E-state index >= 15 is 0 Å². The van der Waals surface area contributed by atoms with Crippen LogP contribution in [0.15, 0.2) is 28.2 Å². The zero-order chi connectivity index (χ0) is 55.5. The topological polar surface area (TPSA) is 258 Å². The largest absolute Gasteiger partial charge is 0.492 e. The minimum Gasteiger partial charge on any atom is -0.492 e. The summed E-state index contributed by atoms with van der Waals surface area (Å²) in [5.74, 6) is -0.478. The maximum atomic E-state index is 14.1. The van der Waals surface area contributed by atoms with Crippen molar-refractivity contribution in [2.45, 2.75) is 203 Å². The fourth-order valence-corrected chi connectivity index (χ4v) is 5.89. The summed E-state index contributed by atoms with van der Waals surface area (Å²) in [5, 5.41) is 15.7. The number of hydrogen-bond acceptors (Lipinski definition) is 15. The highest BCUT2D eigenvalue weighted by atomic mass is 35.5. The van der Waals surface area contributed by atoms with Crippen LogP contribution in [0.4, 0.5) is 28.8 Å². The SMILES string of the molecule is CC(C)(C)OC(=O)N=C(N(CCCCCCCCN=C(NC(=O)OC(C)(C)C)NC(=O)OC(C)(C)C)C(=O)OC(C)(C)C)N(CCCOc1ccc(C(=N)NC(=O)OC(C)(C)C)cc1Cl)C(=O)OC(C)(C)C. The summed E-state index contributed by atoms with van der Waals surface area (Å²) in [6.07, 6.45) is -1.28. The molecule has 0 bridgehead atoms. The monoisotopic (exact) mass is 1040 g/mol. The summed E-state index contributed by atoms with van der Waals surface area (Å²) in [6, 6.07) is 4.50. The van der Waals surface area contributed by atoms with Crippen molar-refractivity contribution in [2.75, 3.05) is 26.2 Å². The first-order valence-corrected chi connectivity index (χ1v) is 24.5. The summed E-state index contributed by atoms with van der Waals surface area (Å²) in [5.41, 5.74) is -5.00. The van der Waals surface area contributed by atoms with E-state index in [1.165, 1.54) is 18.2 Å². The number of guanidine groups is 2. The molecule has 0 atom stereocenters. The molecule has 1 aromatic carbocycles. The van der Waals surface area contributed by atoms with E-state index in [1.54, 1.807) is 125 Å². The van der Waals surface area contributed by atoms with Gasteiger partial charge in [-0.15, -0.1) is 4.99 Å². The molecule has 6 amide bonds. The summed E-state index contributed by atoms with van der Waals surface area (Å²) in [7, 11) is 0. The number of carbonyl (C=O) groups excluding carboxylic acids is 6. The first-order chi connectivity index (χ1) is 32.7. The highest BCUT2D eigenvalue weighted by molar-refractivity contribution is 6.32. The van der Waals surface area contributed by atoms with Gasteiger partial charge in [0.1, 0.15) is 45.2 Å². The number of carbonyl (C=O) groups is 6. The normalized spacial score (nSPS) is 12.3. The third-order valence-corrected chi connectivity index (χ3v) is 8.52. The van der Waals surface area contributed by atoms with Crippen LogP contribution >= 0.6 is 11.6 Å². The van der Waals surface area contributed by atoms with E-state index in [4.69, 9.17) is 50.2 Å². The zero-order valence-electron chi connectivity index (χ0n) is 46.0. The first kappa shape index (κ1) is 64.2. The minimum atomic E-state index is -1.07. The van der Waals surface area contributed by atoms with Crippen molar-refractivity contribution in [3.05, 3.63) is 28.8 Å². The van der Waals surface area contributed by atoms with Crippen LogP contribution in [0.1, 0.15) is 175 Å².